The number of hydrogen-bond acceptors (Lipinski definition) is 6. The van der Waals surface area contributed by atoms with Gasteiger partial charge in [-0.05, 0) is 26.0 Å². The van der Waals surface area contributed by atoms with E-state index in [0.29, 0.717) is 23.8 Å². The molecule has 2 heterocycles. The van der Waals surface area contributed by atoms with Gasteiger partial charge in [0.1, 0.15) is 36.5 Å². The number of nitrogens with zero attached hydrogens (tertiary/aromatic N) is 2. The Hall–Kier alpha value is -2.54. The summed E-state index contributed by atoms with van der Waals surface area (Å²) in [5.41, 5.74) is 8.14. The van der Waals surface area contributed by atoms with Crippen LogP contribution in [0.3, 0.4) is 0 Å². The standard InChI is InChI=1S/C16H19N3O4/c1-9-12(10(2)23-18-9)7-21-11-4-5-15-14(6-11)19(3)16(20)13(17)8-22-15/h4-6,13H,7-8,17H2,1-3H3/t13-/m0/s1. The van der Waals surface area contributed by atoms with E-state index in [1.165, 1.54) is 4.90 Å². The first-order valence-electron chi connectivity index (χ1n) is 7.32. The van der Waals surface area contributed by atoms with Crippen molar-refractivity contribution in [3.8, 4) is 11.5 Å². The number of aromatic nitrogens is 1. The molecule has 0 aliphatic carbocycles. The number of carbonyl (C=O) groups is 1. The van der Waals surface area contributed by atoms with Crippen molar-refractivity contribution in [1.82, 2.24) is 5.16 Å². The minimum atomic E-state index is -0.668. The molecule has 0 bridgehead atoms. The smallest absolute Gasteiger partial charge is 0.247 e. The number of nitrogens with two attached hydrogens (primary N) is 1. The lowest BCUT2D eigenvalue weighted by atomic mass is 10.2. The second kappa shape index (κ2) is 5.92. The summed E-state index contributed by atoms with van der Waals surface area (Å²) in [6, 6.07) is 4.68. The van der Waals surface area contributed by atoms with E-state index in [-0.39, 0.29) is 12.5 Å². The molecule has 0 saturated heterocycles. The number of benzene rings is 1. The zero-order valence-corrected chi connectivity index (χ0v) is 13.3. The summed E-state index contributed by atoms with van der Waals surface area (Å²) < 4.78 is 16.5. The Balaban J connectivity index is 1.82. The minimum Gasteiger partial charge on any atom is -0.489 e. The molecule has 2 aromatic rings. The van der Waals surface area contributed by atoms with Crippen molar-refractivity contribution in [3.05, 3.63) is 35.2 Å². The lowest BCUT2D eigenvalue weighted by Crippen LogP contribution is -2.43. The van der Waals surface area contributed by atoms with Crippen molar-refractivity contribution < 1.29 is 18.8 Å². The summed E-state index contributed by atoms with van der Waals surface area (Å²) in [6.45, 7) is 4.22. The van der Waals surface area contributed by atoms with Gasteiger partial charge in [-0.3, -0.25) is 4.79 Å². The summed E-state index contributed by atoms with van der Waals surface area (Å²) in [5, 5.41) is 3.90. The Kier molecular flexibility index (Phi) is 3.96. The molecule has 0 unspecified atom stereocenters. The van der Waals surface area contributed by atoms with Crippen LogP contribution in [0.5, 0.6) is 11.5 Å². The number of likely N-dealkylation sites (N-methyl/N-ethyl adjacent to an activating group) is 1. The lowest BCUT2D eigenvalue weighted by molar-refractivity contribution is -0.119. The number of hydrogen-bond donors (Lipinski definition) is 1. The Morgan fingerprint density at radius 1 is 1.43 bits per heavy atom. The van der Waals surface area contributed by atoms with E-state index in [1.54, 1.807) is 25.2 Å². The van der Waals surface area contributed by atoms with E-state index in [4.69, 9.17) is 19.7 Å². The maximum absolute atomic E-state index is 12.1. The van der Waals surface area contributed by atoms with Gasteiger partial charge in [-0.15, -0.1) is 0 Å². The molecular formula is C16H19N3O4. The molecule has 3 rings (SSSR count). The van der Waals surface area contributed by atoms with Gasteiger partial charge in [0.15, 0.2) is 0 Å². The summed E-state index contributed by atoms with van der Waals surface area (Å²) in [7, 11) is 1.67. The van der Waals surface area contributed by atoms with Gasteiger partial charge in [-0.2, -0.15) is 0 Å². The van der Waals surface area contributed by atoms with Gasteiger partial charge in [-0.25, -0.2) is 0 Å². The van der Waals surface area contributed by atoms with Gasteiger partial charge >= 0.3 is 0 Å². The molecule has 7 nitrogen and oxygen atoms in total. The van der Waals surface area contributed by atoms with Crippen molar-refractivity contribution in [2.75, 3.05) is 18.6 Å². The fourth-order valence-corrected chi connectivity index (χ4v) is 2.45. The van der Waals surface area contributed by atoms with Crippen molar-refractivity contribution in [1.29, 1.82) is 0 Å². The van der Waals surface area contributed by atoms with Crippen LogP contribution in [0.4, 0.5) is 5.69 Å². The maximum Gasteiger partial charge on any atom is 0.247 e. The van der Waals surface area contributed by atoms with Crippen LogP contribution in [0.15, 0.2) is 22.7 Å². The van der Waals surface area contributed by atoms with Crippen molar-refractivity contribution in [2.24, 2.45) is 5.73 Å². The zero-order valence-electron chi connectivity index (χ0n) is 13.3. The highest BCUT2D eigenvalue weighted by Crippen LogP contribution is 2.34. The highest BCUT2D eigenvalue weighted by atomic mass is 16.5. The summed E-state index contributed by atoms with van der Waals surface area (Å²) in [6.07, 6.45) is 0. The molecular weight excluding hydrogens is 298 g/mol. The Bertz CT molecular complexity index is 721. The fourth-order valence-electron chi connectivity index (χ4n) is 2.45. The van der Waals surface area contributed by atoms with Crippen LogP contribution in [-0.4, -0.2) is 30.8 Å². The Morgan fingerprint density at radius 2 is 2.22 bits per heavy atom. The molecule has 7 heteroatoms. The molecule has 0 fully saturated rings. The maximum atomic E-state index is 12.1. The van der Waals surface area contributed by atoms with Gasteiger partial charge in [0.2, 0.25) is 5.91 Å². The highest BCUT2D eigenvalue weighted by Gasteiger charge is 2.26. The number of ether oxygens (including phenoxy) is 2. The summed E-state index contributed by atoms with van der Waals surface area (Å²) >= 11 is 0. The molecule has 1 aromatic heterocycles. The van der Waals surface area contributed by atoms with E-state index in [0.717, 1.165) is 17.0 Å². The number of rotatable bonds is 3. The first-order chi connectivity index (χ1) is 11.0. The molecule has 1 amide bonds. The van der Waals surface area contributed by atoms with E-state index in [1.807, 2.05) is 13.8 Å². The summed E-state index contributed by atoms with van der Waals surface area (Å²) in [4.78, 5) is 13.6. The van der Waals surface area contributed by atoms with Gasteiger partial charge in [0.25, 0.3) is 0 Å². The Morgan fingerprint density at radius 3 is 2.91 bits per heavy atom. The van der Waals surface area contributed by atoms with Gasteiger partial charge in [-0.1, -0.05) is 5.16 Å². The van der Waals surface area contributed by atoms with E-state index in [2.05, 4.69) is 5.16 Å². The largest absolute Gasteiger partial charge is 0.489 e. The number of aryl methyl sites for hydroxylation is 2. The number of anilines is 1. The molecule has 2 N–H and O–H groups in total. The molecule has 122 valence electrons. The molecule has 1 aliphatic rings. The predicted octanol–water partition coefficient (Wildman–Crippen LogP) is 1.55. The van der Waals surface area contributed by atoms with E-state index in [9.17, 15) is 4.79 Å². The van der Waals surface area contributed by atoms with Crippen LogP contribution in [0.1, 0.15) is 17.0 Å². The SMILES string of the molecule is Cc1noc(C)c1COc1ccc2c(c1)N(C)C(=O)[C@@H](N)CO2. The van der Waals surface area contributed by atoms with Crippen LogP contribution in [0, 0.1) is 13.8 Å². The predicted molar refractivity (Wildman–Crippen MR) is 83.6 cm³/mol. The Labute approximate surface area is 133 Å². The highest BCUT2D eigenvalue weighted by molar-refractivity contribution is 5.98. The number of amides is 1. The summed E-state index contributed by atoms with van der Waals surface area (Å²) in [5.74, 6) is 1.78. The van der Waals surface area contributed by atoms with Crippen molar-refractivity contribution in [3.63, 3.8) is 0 Å². The molecule has 23 heavy (non-hydrogen) atoms. The van der Waals surface area contributed by atoms with Crippen LogP contribution in [0.2, 0.25) is 0 Å². The quantitative estimate of drug-likeness (QED) is 0.923. The van der Waals surface area contributed by atoms with E-state index < -0.39 is 6.04 Å². The monoisotopic (exact) mass is 317 g/mol. The molecule has 0 saturated carbocycles. The van der Waals surface area contributed by atoms with Gasteiger partial charge in [0, 0.05) is 13.1 Å². The van der Waals surface area contributed by atoms with Crippen LogP contribution in [0.25, 0.3) is 0 Å². The first kappa shape index (κ1) is 15.4. The third kappa shape index (κ3) is 2.87. The fraction of sp³-hybridized carbons (Fsp3) is 0.375. The minimum absolute atomic E-state index is 0.162. The molecule has 0 spiro atoms. The first-order valence-corrected chi connectivity index (χ1v) is 7.32. The molecule has 0 radical (unpaired) electrons. The average Bonchev–Trinajstić information content (AvgIpc) is 2.82. The molecule has 1 atom stereocenters. The lowest BCUT2D eigenvalue weighted by Gasteiger charge is -2.18. The average molecular weight is 317 g/mol. The van der Waals surface area contributed by atoms with E-state index >= 15 is 0 Å². The third-order valence-corrected chi connectivity index (χ3v) is 3.92. The second-order valence-corrected chi connectivity index (χ2v) is 5.54. The van der Waals surface area contributed by atoms with Gasteiger partial charge < -0.3 is 24.6 Å². The topological polar surface area (TPSA) is 90.8 Å². The normalized spacial score (nSPS) is 17.5. The van der Waals surface area contributed by atoms with Crippen molar-refractivity contribution in [2.45, 2.75) is 26.5 Å². The molecule has 1 aliphatic heterocycles. The van der Waals surface area contributed by atoms with Crippen LogP contribution in [-0.2, 0) is 11.4 Å². The second-order valence-electron chi connectivity index (χ2n) is 5.54. The third-order valence-electron chi connectivity index (χ3n) is 3.92. The van der Waals surface area contributed by atoms with Crippen molar-refractivity contribution >= 4 is 11.6 Å². The van der Waals surface area contributed by atoms with Gasteiger partial charge in [0.05, 0.1) is 16.9 Å². The number of carbonyl (C=O) groups excluding carboxylic acids is 1. The molecule has 1 aromatic carbocycles. The number of fused-ring (bicyclic) bond motifs is 1. The van der Waals surface area contributed by atoms with Crippen LogP contribution >= 0.6 is 0 Å². The van der Waals surface area contributed by atoms with Crippen LogP contribution < -0.4 is 20.1 Å². The zero-order chi connectivity index (χ0) is 16.6.